The number of methoxy groups -OCH3 is 1. The molecule has 1 saturated heterocycles. The van der Waals surface area contributed by atoms with Crippen LogP contribution in [0.2, 0.25) is 0 Å². The minimum Gasteiger partial charge on any atom is -0.494 e. The van der Waals surface area contributed by atoms with Gasteiger partial charge >= 0.3 is 0 Å². The maximum absolute atomic E-state index is 9.91. The number of pyridine rings is 2. The molecule has 7 nitrogen and oxygen atoms in total. The lowest BCUT2D eigenvalue weighted by atomic mass is 10.2. The Balaban J connectivity index is 1.95. The van der Waals surface area contributed by atoms with E-state index in [1.807, 2.05) is 12.1 Å². The monoisotopic (exact) mass is 323 g/mol. The molecule has 3 aromatic heterocycles. The number of anilines is 1. The van der Waals surface area contributed by atoms with Crippen molar-refractivity contribution in [3.63, 3.8) is 0 Å². The number of nitrogens with zero attached hydrogens (tertiary/aromatic N) is 5. The highest BCUT2D eigenvalue weighted by atomic mass is 16.5. The highest BCUT2D eigenvalue weighted by Crippen LogP contribution is 2.34. The minimum atomic E-state index is -0.341. The van der Waals surface area contributed by atoms with Crippen LogP contribution in [0.1, 0.15) is 6.42 Å². The van der Waals surface area contributed by atoms with Gasteiger partial charge in [0, 0.05) is 31.0 Å². The molecule has 1 aliphatic rings. The van der Waals surface area contributed by atoms with Crippen LogP contribution in [0.3, 0.4) is 0 Å². The quantitative estimate of drug-likeness (QED) is 0.784. The molecule has 1 atom stereocenters. The summed E-state index contributed by atoms with van der Waals surface area (Å²) in [5, 5.41) is 10.7. The van der Waals surface area contributed by atoms with Gasteiger partial charge in [-0.25, -0.2) is 9.97 Å². The van der Waals surface area contributed by atoms with Crippen molar-refractivity contribution in [2.24, 2.45) is 0 Å². The Hall–Kier alpha value is -2.80. The Morgan fingerprint density at radius 1 is 1.17 bits per heavy atom. The van der Waals surface area contributed by atoms with Gasteiger partial charge in [-0.05, 0) is 18.6 Å². The van der Waals surface area contributed by atoms with Gasteiger partial charge in [0.15, 0.2) is 5.82 Å². The lowest BCUT2D eigenvalue weighted by Gasteiger charge is -2.20. The van der Waals surface area contributed by atoms with Gasteiger partial charge in [0.05, 0.1) is 36.5 Å². The number of ether oxygens (including phenoxy) is 1. The number of hydrogen-bond donors (Lipinski definition) is 1. The summed E-state index contributed by atoms with van der Waals surface area (Å²) in [6.45, 7) is 1.29. The van der Waals surface area contributed by atoms with E-state index in [9.17, 15) is 5.11 Å². The molecule has 4 rings (SSSR count). The van der Waals surface area contributed by atoms with Crippen molar-refractivity contribution in [3.8, 4) is 17.1 Å². The van der Waals surface area contributed by atoms with Crippen LogP contribution in [-0.2, 0) is 0 Å². The molecule has 7 heteroatoms. The van der Waals surface area contributed by atoms with Crippen LogP contribution in [0.25, 0.3) is 22.3 Å². The van der Waals surface area contributed by atoms with E-state index in [0.717, 1.165) is 29.7 Å². The van der Waals surface area contributed by atoms with Crippen LogP contribution in [0.5, 0.6) is 5.75 Å². The summed E-state index contributed by atoms with van der Waals surface area (Å²) in [6.07, 6.45) is 7.18. The molecule has 1 unspecified atom stereocenters. The van der Waals surface area contributed by atoms with Gasteiger partial charge in [0.25, 0.3) is 0 Å². The fourth-order valence-electron chi connectivity index (χ4n) is 2.98. The molecule has 1 aliphatic heterocycles. The molecular weight excluding hydrogens is 306 g/mol. The normalized spacial score (nSPS) is 17.4. The summed E-state index contributed by atoms with van der Waals surface area (Å²) in [6, 6.07) is 3.74. The Kier molecular flexibility index (Phi) is 3.70. The molecular formula is C17H17N5O2. The van der Waals surface area contributed by atoms with Crippen LogP contribution in [0.15, 0.2) is 36.9 Å². The molecule has 0 aromatic carbocycles. The number of fused-ring (bicyclic) bond motifs is 1. The first-order valence-electron chi connectivity index (χ1n) is 7.79. The van der Waals surface area contributed by atoms with Gasteiger partial charge in [-0.3, -0.25) is 9.97 Å². The van der Waals surface area contributed by atoms with Crippen molar-refractivity contribution < 1.29 is 9.84 Å². The van der Waals surface area contributed by atoms with Crippen LogP contribution >= 0.6 is 0 Å². The maximum atomic E-state index is 9.91. The van der Waals surface area contributed by atoms with Crippen LogP contribution < -0.4 is 9.64 Å². The molecule has 1 fully saturated rings. The van der Waals surface area contributed by atoms with E-state index >= 15 is 0 Å². The first-order valence-corrected chi connectivity index (χ1v) is 7.79. The van der Waals surface area contributed by atoms with Crippen LogP contribution in [0.4, 0.5) is 5.82 Å². The van der Waals surface area contributed by atoms with Gasteiger partial charge in [0.2, 0.25) is 0 Å². The Bertz CT molecular complexity index is 871. The largest absolute Gasteiger partial charge is 0.494 e. The van der Waals surface area contributed by atoms with Crippen LogP contribution in [-0.4, -0.2) is 51.3 Å². The van der Waals surface area contributed by atoms with E-state index in [2.05, 4.69) is 19.9 Å². The molecule has 0 aliphatic carbocycles. The molecule has 24 heavy (non-hydrogen) atoms. The second kappa shape index (κ2) is 6.01. The zero-order valence-electron chi connectivity index (χ0n) is 13.3. The lowest BCUT2D eigenvalue weighted by molar-refractivity contribution is 0.198. The third-order valence-electron chi connectivity index (χ3n) is 4.17. The average molecular weight is 323 g/mol. The van der Waals surface area contributed by atoms with E-state index in [0.29, 0.717) is 23.6 Å². The summed E-state index contributed by atoms with van der Waals surface area (Å²) >= 11 is 0. The summed E-state index contributed by atoms with van der Waals surface area (Å²) in [5.41, 5.74) is 1.60. The van der Waals surface area contributed by atoms with E-state index in [1.165, 1.54) is 0 Å². The maximum Gasteiger partial charge on any atom is 0.162 e. The fraction of sp³-hybridized carbons (Fsp3) is 0.294. The Morgan fingerprint density at radius 2 is 2.00 bits per heavy atom. The fourth-order valence-corrected chi connectivity index (χ4v) is 2.98. The smallest absolute Gasteiger partial charge is 0.162 e. The summed E-state index contributed by atoms with van der Waals surface area (Å²) in [5.74, 6) is 2.00. The predicted molar refractivity (Wildman–Crippen MR) is 90.0 cm³/mol. The number of hydrogen-bond acceptors (Lipinski definition) is 7. The third kappa shape index (κ3) is 2.52. The molecule has 0 bridgehead atoms. The third-order valence-corrected chi connectivity index (χ3v) is 4.17. The van der Waals surface area contributed by atoms with Crippen molar-refractivity contribution >= 4 is 16.7 Å². The van der Waals surface area contributed by atoms with E-state index in [1.54, 1.807) is 31.9 Å². The van der Waals surface area contributed by atoms with Crippen molar-refractivity contribution in [1.29, 1.82) is 0 Å². The van der Waals surface area contributed by atoms with Gasteiger partial charge in [-0.15, -0.1) is 0 Å². The second-order valence-electron chi connectivity index (χ2n) is 5.73. The number of rotatable bonds is 3. The molecule has 0 spiro atoms. The zero-order chi connectivity index (χ0) is 16.5. The minimum absolute atomic E-state index is 0.341. The van der Waals surface area contributed by atoms with Crippen molar-refractivity contribution in [2.45, 2.75) is 12.5 Å². The van der Waals surface area contributed by atoms with Crippen molar-refractivity contribution in [1.82, 2.24) is 19.9 Å². The number of aliphatic hydroxyl groups is 1. The van der Waals surface area contributed by atoms with E-state index < -0.39 is 0 Å². The lowest BCUT2D eigenvalue weighted by Crippen LogP contribution is -2.23. The molecule has 0 amide bonds. The Labute approximate surface area is 139 Å². The molecule has 4 heterocycles. The Morgan fingerprint density at radius 3 is 2.71 bits per heavy atom. The number of aromatic nitrogens is 4. The highest BCUT2D eigenvalue weighted by molar-refractivity contribution is 5.95. The van der Waals surface area contributed by atoms with Crippen molar-refractivity contribution in [2.75, 3.05) is 25.1 Å². The SMILES string of the molecule is COc1cncc2nc(-c3ccncc3)nc(N3CCC(O)C3)c12. The first kappa shape index (κ1) is 14.8. The summed E-state index contributed by atoms with van der Waals surface area (Å²) in [7, 11) is 1.61. The number of aliphatic hydroxyl groups excluding tert-OH is 1. The van der Waals surface area contributed by atoms with Gasteiger partial charge in [-0.1, -0.05) is 0 Å². The molecule has 3 aromatic rings. The average Bonchev–Trinajstić information content (AvgIpc) is 3.07. The van der Waals surface area contributed by atoms with Gasteiger partial charge in [-0.2, -0.15) is 0 Å². The summed E-state index contributed by atoms with van der Waals surface area (Å²) < 4.78 is 5.46. The van der Waals surface area contributed by atoms with Gasteiger partial charge in [0.1, 0.15) is 11.6 Å². The molecule has 1 N–H and O–H groups in total. The molecule has 0 radical (unpaired) electrons. The highest BCUT2D eigenvalue weighted by Gasteiger charge is 2.25. The first-order chi connectivity index (χ1) is 11.8. The van der Waals surface area contributed by atoms with E-state index in [4.69, 9.17) is 9.72 Å². The van der Waals surface area contributed by atoms with Crippen molar-refractivity contribution in [3.05, 3.63) is 36.9 Å². The van der Waals surface area contributed by atoms with E-state index in [-0.39, 0.29) is 6.10 Å². The van der Waals surface area contributed by atoms with Gasteiger partial charge < -0.3 is 14.7 Å². The predicted octanol–water partition coefficient (Wildman–Crippen LogP) is 1.67. The van der Waals surface area contributed by atoms with Crippen LogP contribution in [0, 0.1) is 0 Å². The summed E-state index contributed by atoms with van der Waals surface area (Å²) in [4.78, 5) is 19.7. The second-order valence-corrected chi connectivity index (χ2v) is 5.73. The zero-order valence-corrected chi connectivity index (χ0v) is 13.3. The molecule has 122 valence electrons. The number of β-amino-alcohol motifs (C(OH)–C–C–N with tert-alkyl or cyclic N) is 1. The molecule has 0 saturated carbocycles. The topological polar surface area (TPSA) is 84.3 Å². The standard InChI is InChI=1S/C17H17N5O2/c1-24-14-9-19-8-13-15(14)17(22-7-4-12(23)10-22)21-16(20-13)11-2-5-18-6-3-11/h2-3,5-6,8-9,12,23H,4,7,10H2,1H3.